The van der Waals surface area contributed by atoms with Crippen molar-refractivity contribution in [2.24, 2.45) is 0 Å². The van der Waals surface area contributed by atoms with Gasteiger partial charge in [-0.1, -0.05) is 11.6 Å². The van der Waals surface area contributed by atoms with Crippen molar-refractivity contribution in [1.82, 2.24) is 4.98 Å². The molecule has 24 heavy (non-hydrogen) atoms. The fourth-order valence-corrected chi connectivity index (χ4v) is 2.77. The highest BCUT2D eigenvalue weighted by molar-refractivity contribution is 6.31. The molecule has 0 saturated heterocycles. The maximum absolute atomic E-state index is 13.8. The van der Waals surface area contributed by atoms with E-state index in [2.05, 4.69) is 10.3 Å². The molecule has 1 amide bonds. The summed E-state index contributed by atoms with van der Waals surface area (Å²) in [5.41, 5.74) is 0.569. The van der Waals surface area contributed by atoms with Crippen molar-refractivity contribution in [2.45, 2.75) is 19.3 Å². The van der Waals surface area contributed by atoms with Gasteiger partial charge >= 0.3 is 0 Å². The normalized spacial score (nSPS) is 11.7. The Morgan fingerprint density at radius 2 is 1.92 bits per heavy atom. The zero-order valence-electron chi connectivity index (χ0n) is 13.1. The van der Waals surface area contributed by atoms with E-state index < -0.39 is 23.0 Å². The first-order valence-electron chi connectivity index (χ1n) is 7.32. The van der Waals surface area contributed by atoms with Crippen LogP contribution in [0.25, 0.3) is 10.9 Å². The number of fused-ring (bicyclic) bond motifs is 1. The minimum absolute atomic E-state index is 0.0626. The number of hydrogen-bond acceptors (Lipinski definition) is 1. The average Bonchev–Trinajstić information content (AvgIpc) is 2.93. The summed E-state index contributed by atoms with van der Waals surface area (Å²) in [7, 11) is 0. The average molecular weight is 349 g/mol. The van der Waals surface area contributed by atoms with Crippen LogP contribution in [0.2, 0.25) is 5.02 Å². The smallest absolute Gasteiger partial charge is 0.234 e. The summed E-state index contributed by atoms with van der Waals surface area (Å²) < 4.78 is 26.8. The second-order valence-corrected chi connectivity index (χ2v) is 6.53. The molecule has 124 valence electrons. The third-order valence-electron chi connectivity index (χ3n) is 4.06. The first kappa shape index (κ1) is 16.5. The van der Waals surface area contributed by atoms with Crippen molar-refractivity contribution in [2.75, 3.05) is 5.32 Å². The summed E-state index contributed by atoms with van der Waals surface area (Å²) in [6, 6.07) is 8.38. The van der Waals surface area contributed by atoms with Gasteiger partial charge in [-0.15, -0.1) is 0 Å². The van der Waals surface area contributed by atoms with Crippen molar-refractivity contribution in [3.8, 4) is 0 Å². The largest absolute Gasteiger partial charge is 0.361 e. The van der Waals surface area contributed by atoms with Crippen LogP contribution in [0.15, 0.2) is 42.6 Å². The van der Waals surface area contributed by atoms with Crippen LogP contribution in [0.3, 0.4) is 0 Å². The molecule has 0 aliphatic rings. The molecule has 1 heterocycles. The summed E-state index contributed by atoms with van der Waals surface area (Å²) in [5, 5.41) is 3.90. The second-order valence-electron chi connectivity index (χ2n) is 6.10. The maximum atomic E-state index is 13.8. The molecule has 0 spiro atoms. The Bertz CT molecular complexity index is 934. The van der Waals surface area contributed by atoms with Crippen LogP contribution < -0.4 is 5.32 Å². The number of rotatable bonds is 3. The fourth-order valence-electron chi connectivity index (χ4n) is 2.60. The topological polar surface area (TPSA) is 44.9 Å². The van der Waals surface area contributed by atoms with Crippen molar-refractivity contribution >= 4 is 34.1 Å². The van der Waals surface area contributed by atoms with Crippen LogP contribution in [0, 0.1) is 11.6 Å². The van der Waals surface area contributed by atoms with Gasteiger partial charge in [-0.2, -0.15) is 0 Å². The molecule has 0 radical (unpaired) electrons. The summed E-state index contributed by atoms with van der Waals surface area (Å²) in [5.74, 6) is -1.92. The molecule has 3 aromatic rings. The van der Waals surface area contributed by atoms with E-state index in [0.717, 1.165) is 28.6 Å². The maximum Gasteiger partial charge on any atom is 0.234 e. The molecule has 0 fully saturated rings. The number of nitrogens with one attached hydrogen (secondary N) is 2. The first-order chi connectivity index (χ1) is 11.3. The Morgan fingerprint density at radius 1 is 1.17 bits per heavy atom. The molecule has 0 unspecified atom stereocenters. The highest BCUT2D eigenvalue weighted by atomic mass is 35.5. The number of halogens is 3. The van der Waals surface area contributed by atoms with E-state index >= 15 is 0 Å². The third kappa shape index (κ3) is 2.87. The summed E-state index contributed by atoms with van der Waals surface area (Å²) in [6.07, 6.45) is 1.74. The van der Waals surface area contributed by atoms with E-state index in [-0.39, 0.29) is 5.69 Å². The summed E-state index contributed by atoms with van der Waals surface area (Å²) in [6.45, 7) is 3.46. The van der Waals surface area contributed by atoms with Gasteiger partial charge in [-0.3, -0.25) is 4.79 Å². The minimum atomic E-state index is -0.955. The summed E-state index contributed by atoms with van der Waals surface area (Å²) >= 11 is 6.04. The second kappa shape index (κ2) is 5.91. The number of carbonyl (C=O) groups excluding carboxylic acids is 1. The highest BCUT2D eigenvalue weighted by Gasteiger charge is 2.32. The van der Waals surface area contributed by atoms with Gasteiger partial charge in [0.2, 0.25) is 5.91 Å². The molecule has 3 nitrogen and oxygen atoms in total. The zero-order chi connectivity index (χ0) is 17.5. The van der Waals surface area contributed by atoms with Gasteiger partial charge in [0, 0.05) is 28.2 Å². The van der Waals surface area contributed by atoms with Crippen LogP contribution >= 0.6 is 11.6 Å². The molecule has 2 aromatic carbocycles. The lowest BCUT2D eigenvalue weighted by Gasteiger charge is -2.23. The van der Waals surface area contributed by atoms with E-state index in [1.807, 2.05) is 6.07 Å². The van der Waals surface area contributed by atoms with Gasteiger partial charge < -0.3 is 10.3 Å². The number of benzene rings is 2. The number of H-pyrrole nitrogens is 1. The van der Waals surface area contributed by atoms with Crippen LogP contribution in [0.4, 0.5) is 14.5 Å². The molecule has 0 aliphatic carbocycles. The van der Waals surface area contributed by atoms with Crippen molar-refractivity contribution in [1.29, 1.82) is 0 Å². The lowest BCUT2D eigenvalue weighted by atomic mass is 9.83. The number of aromatic nitrogens is 1. The number of aromatic amines is 1. The van der Waals surface area contributed by atoms with Gasteiger partial charge in [0.15, 0.2) is 0 Å². The van der Waals surface area contributed by atoms with Crippen LogP contribution in [-0.4, -0.2) is 10.9 Å². The quantitative estimate of drug-likeness (QED) is 0.686. The van der Waals surface area contributed by atoms with Gasteiger partial charge in [-0.25, -0.2) is 8.78 Å². The number of anilines is 1. The van der Waals surface area contributed by atoms with E-state index in [4.69, 9.17) is 11.6 Å². The van der Waals surface area contributed by atoms with Crippen LogP contribution in [0.5, 0.6) is 0 Å². The Hall–Kier alpha value is -2.40. The molecular formula is C18H15ClF2N2O. The summed E-state index contributed by atoms with van der Waals surface area (Å²) in [4.78, 5) is 15.8. The van der Waals surface area contributed by atoms with Crippen molar-refractivity contribution in [3.63, 3.8) is 0 Å². The standard InChI is InChI=1S/C18H15ClF2N2O/c1-18(2,13-9-22-15-5-3-10(19)7-12(13)15)17(24)23-16-6-4-11(20)8-14(16)21/h3-9,22H,1-2H3,(H,23,24). The predicted octanol–water partition coefficient (Wildman–Crippen LogP) is 5.02. The Morgan fingerprint density at radius 3 is 2.62 bits per heavy atom. The molecule has 0 aliphatic heterocycles. The molecule has 0 atom stereocenters. The number of hydrogen-bond donors (Lipinski definition) is 2. The number of amides is 1. The third-order valence-corrected chi connectivity index (χ3v) is 4.30. The lowest BCUT2D eigenvalue weighted by molar-refractivity contribution is -0.120. The number of carbonyl (C=O) groups is 1. The van der Waals surface area contributed by atoms with Crippen molar-refractivity contribution in [3.05, 3.63) is 64.8 Å². The fraction of sp³-hybridized carbons (Fsp3) is 0.167. The Labute approximate surface area is 142 Å². The molecule has 2 N–H and O–H groups in total. The van der Waals surface area contributed by atoms with Gasteiger partial charge in [0.25, 0.3) is 0 Å². The minimum Gasteiger partial charge on any atom is -0.361 e. The monoisotopic (exact) mass is 348 g/mol. The lowest BCUT2D eigenvalue weighted by Crippen LogP contribution is -2.34. The van der Waals surface area contributed by atoms with Crippen molar-refractivity contribution < 1.29 is 13.6 Å². The first-order valence-corrected chi connectivity index (χ1v) is 7.70. The van der Waals surface area contributed by atoms with Crippen LogP contribution in [-0.2, 0) is 10.2 Å². The molecule has 1 aromatic heterocycles. The highest BCUT2D eigenvalue weighted by Crippen LogP contribution is 2.33. The molecular weight excluding hydrogens is 334 g/mol. The van der Waals surface area contributed by atoms with Gasteiger partial charge in [-0.05, 0) is 49.7 Å². The Balaban J connectivity index is 1.96. The SMILES string of the molecule is CC(C)(C(=O)Nc1ccc(F)cc1F)c1c[nH]c2ccc(Cl)cc12. The molecule has 0 saturated carbocycles. The van der Waals surface area contributed by atoms with Gasteiger partial charge in [0.05, 0.1) is 11.1 Å². The Kier molecular flexibility index (Phi) is 4.05. The zero-order valence-corrected chi connectivity index (χ0v) is 13.8. The molecule has 6 heteroatoms. The predicted molar refractivity (Wildman–Crippen MR) is 91.3 cm³/mol. The van der Waals surface area contributed by atoms with Gasteiger partial charge in [0.1, 0.15) is 11.6 Å². The van der Waals surface area contributed by atoms with E-state index in [1.165, 1.54) is 6.07 Å². The molecule has 3 rings (SSSR count). The van der Waals surface area contributed by atoms with Crippen LogP contribution in [0.1, 0.15) is 19.4 Å². The van der Waals surface area contributed by atoms with E-state index in [1.54, 1.807) is 32.2 Å². The van der Waals surface area contributed by atoms with E-state index in [9.17, 15) is 13.6 Å². The van der Waals surface area contributed by atoms with E-state index in [0.29, 0.717) is 5.02 Å². The molecule has 0 bridgehead atoms.